The van der Waals surface area contributed by atoms with Crippen molar-refractivity contribution in [3.05, 3.63) is 29.5 Å². The van der Waals surface area contributed by atoms with Crippen LogP contribution in [0.3, 0.4) is 0 Å². The third-order valence-corrected chi connectivity index (χ3v) is 9.31. The van der Waals surface area contributed by atoms with Crippen LogP contribution in [0.15, 0.2) is 18.2 Å². The zero-order valence-corrected chi connectivity index (χ0v) is 26.1. The standard InChI is InChI=1S/C32H41F3N4O5/c1-17-24-16-39(25(17)18(2)40)28(41)26(30(3,4)5)38-29(42)44-31(6)15-20(31)10-8-7-9-11-22-27(43-24)37-23-14-19(32(33,34)35)12-13-21(23)36-22/h12-14,17,20,24-26H,7-11,15-16H2,1-6H3,(H,38,42)/t17-,20-,24+,25+,26-,31-/m1/s1. The number of ketones is 1. The van der Waals surface area contributed by atoms with Crippen LogP contribution in [0.25, 0.3) is 11.0 Å². The largest absolute Gasteiger partial charge is 0.471 e. The second-order valence-corrected chi connectivity index (χ2v) is 13.9. The zero-order chi connectivity index (χ0) is 32.2. The summed E-state index contributed by atoms with van der Waals surface area (Å²) >= 11 is 0. The molecule has 2 aliphatic heterocycles. The lowest BCUT2D eigenvalue weighted by molar-refractivity contribution is -0.141. The van der Waals surface area contributed by atoms with Crippen molar-refractivity contribution in [2.75, 3.05) is 6.54 Å². The van der Waals surface area contributed by atoms with Gasteiger partial charge in [-0.05, 0) is 63.1 Å². The number of alkyl halides is 3. The summed E-state index contributed by atoms with van der Waals surface area (Å²) < 4.78 is 52.6. The molecule has 0 spiro atoms. The molecule has 1 saturated carbocycles. The molecule has 2 amide bonds. The number of Topliss-reactive ketones (excluding diaryl/α,β-unsaturated/α-hetero) is 1. The van der Waals surface area contributed by atoms with E-state index in [-0.39, 0.29) is 29.6 Å². The molecule has 12 heteroatoms. The van der Waals surface area contributed by atoms with Gasteiger partial charge in [-0.3, -0.25) is 9.59 Å². The number of carbonyl (C=O) groups excluding carboxylic acids is 3. The van der Waals surface area contributed by atoms with Gasteiger partial charge in [0.25, 0.3) is 0 Å². The molecule has 0 unspecified atom stereocenters. The van der Waals surface area contributed by atoms with E-state index in [4.69, 9.17) is 9.47 Å². The second-order valence-electron chi connectivity index (χ2n) is 13.9. The highest BCUT2D eigenvalue weighted by Gasteiger charge is 2.54. The average molecular weight is 619 g/mol. The van der Waals surface area contributed by atoms with Crippen molar-refractivity contribution in [2.24, 2.45) is 17.3 Å². The Labute approximate surface area is 255 Å². The van der Waals surface area contributed by atoms with E-state index in [1.165, 1.54) is 17.9 Å². The number of rotatable bonds is 1. The summed E-state index contributed by atoms with van der Waals surface area (Å²) in [6.07, 6.45) is -1.30. The number of benzene rings is 1. The fourth-order valence-electron chi connectivity index (χ4n) is 6.57. The zero-order valence-electron chi connectivity index (χ0n) is 26.1. The summed E-state index contributed by atoms with van der Waals surface area (Å²) in [7, 11) is 0. The van der Waals surface area contributed by atoms with Crippen LogP contribution in [0.1, 0.15) is 84.9 Å². The third-order valence-electron chi connectivity index (χ3n) is 9.31. The minimum atomic E-state index is -4.55. The van der Waals surface area contributed by atoms with Crippen molar-refractivity contribution in [3.63, 3.8) is 0 Å². The van der Waals surface area contributed by atoms with Gasteiger partial charge < -0.3 is 19.7 Å². The molecule has 2 aromatic rings. The summed E-state index contributed by atoms with van der Waals surface area (Å²) in [5.74, 6) is -0.836. The predicted molar refractivity (Wildman–Crippen MR) is 156 cm³/mol. The first kappa shape index (κ1) is 32.0. The van der Waals surface area contributed by atoms with Gasteiger partial charge in [0.15, 0.2) is 5.78 Å². The molecule has 1 aromatic heterocycles. The highest BCUT2D eigenvalue weighted by Crippen LogP contribution is 2.49. The number of nitrogens with zero attached hydrogens (tertiary/aromatic N) is 3. The molecule has 5 rings (SSSR count). The lowest BCUT2D eigenvalue weighted by Crippen LogP contribution is -2.57. The number of aromatic nitrogens is 2. The summed E-state index contributed by atoms with van der Waals surface area (Å²) in [6.45, 7) is 10.6. The second kappa shape index (κ2) is 11.5. The van der Waals surface area contributed by atoms with E-state index in [0.717, 1.165) is 44.2 Å². The topological polar surface area (TPSA) is 111 Å². The van der Waals surface area contributed by atoms with Crippen molar-refractivity contribution in [3.8, 4) is 5.88 Å². The van der Waals surface area contributed by atoms with Crippen molar-refractivity contribution >= 4 is 28.8 Å². The maximum Gasteiger partial charge on any atom is 0.416 e. The van der Waals surface area contributed by atoms with Gasteiger partial charge in [-0.2, -0.15) is 13.2 Å². The molecule has 44 heavy (non-hydrogen) atoms. The van der Waals surface area contributed by atoms with E-state index in [0.29, 0.717) is 17.6 Å². The van der Waals surface area contributed by atoms with Gasteiger partial charge in [0.05, 0.1) is 29.2 Å². The SMILES string of the molecule is CC(=O)[C@@H]1[C@H](C)[C@@H]2CN1C(=O)[C@H](C(C)(C)C)NC(=O)O[C@]1(C)C[C@H]1CCCCCc1nc3ccc(C(F)(F)F)cc3nc1O2. The Balaban J connectivity index is 1.54. The number of nitrogens with one attached hydrogen (secondary N) is 1. The van der Waals surface area contributed by atoms with Crippen LogP contribution in [0.5, 0.6) is 5.88 Å². The molecule has 240 valence electrons. The van der Waals surface area contributed by atoms with Gasteiger partial charge in [-0.15, -0.1) is 0 Å². The van der Waals surface area contributed by atoms with E-state index in [9.17, 15) is 27.6 Å². The first-order chi connectivity index (χ1) is 20.5. The quantitative estimate of drug-likeness (QED) is 0.426. The van der Waals surface area contributed by atoms with E-state index >= 15 is 0 Å². The van der Waals surface area contributed by atoms with Crippen LogP contribution in [0.4, 0.5) is 18.0 Å². The van der Waals surface area contributed by atoms with E-state index < -0.39 is 58.9 Å². The highest BCUT2D eigenvalue weighted by atomic mass is 19.4. The van der Waals surface area contributed by atoms with Crippen LogP contribution in [-0.4, -0.2) is 63.0 Å². The molecule has 2 bridgehead atoms. The molecular formula is C32H41F3N4O5. The number of halogens is 3. The molecule has 1 aromatic carbocycles. The highest BCUT2D eigenvalue weighted by molar-refractivity contribution is 5.92. The van der Waals surface area contributed by atoms with Crippen LogP contribution >= 0.6 is 0 Å². The molecule has 1 aliphatic carbocycles. The number of aryl methyl sites for hydroxylation is 1. The Morgan fingerprint density at radius 1 is 1.09 bits per heavy atom. The van der Waals surface area contributed by atoms with Crippen molar-refractivity contribution in [1.29, 1.82) is 0 Å². The van der Waals surface area contributed by atoms with Gasteiger partial charge in [0.1, 0.15) is 23.4 Å². The van der Waals surface area contributed by atoms with Crippen molar-refractivity contribution < 1.29 is 37.0 Å². The van der Waals surface area contributed by atoms with Crippen LogP contribution < -0.4 is 10.1 Å². The third kappa shape index (κ3) is 6.49. The molecule has 9 nitrogen and oxygen atoms in total. The molecule has 3 aliphatic rings. The number of ether oxygens (including phenoxy) is 2. The Bertz CT molecular complexity index is 1460. The first-order valence-corrected chi connectivity index (χ1v) is 15.3. The van der Waals surface area contributed by atoms with Crippen molar-refractivity contribution in [2.45, 2.75) is 110 Å². The predicted octanol–water partition coefficient (Wildman–Crippen LogP) is 5.87. The maximum absolute atomic E-state index is 14.1. The number of carbonyl (C=O) groups is 3. The smallest absolute Gasteiger partial charge is 0.416 e. The monoisotopic (exact) mass is 618 g/mol. The van der Waals surface area contributed by atoms with Gasteiger partial charge in [0.2, 0.25) is 11.8 Å². The number of amides is 2. The average Bonchev–Trinajstić information content (AvgIpc) is 3.42. The lowest BCUT2D eigenvalue weighted by Gasteiger charge is -2.35. The van der Waals surface area contributed by atoms with E-state index in [1.54, 1.807) is 6.92 Å². The maximum atomic E-state index is 14.1. The van der Waals surface area contributed by atoms with Gasteiger partial charge in [-0.25, -0.2) is 14.8 Å². The van der Waals surface area contributed by atoms with E-state index in [2.05, 4.69) is 15.3 Å². The molecule has 1 saturated heterocycles. The Kier molecular flexibility index (Phi) is 8.35. The lowest BCUT2D eigenvalue weighted by atomic mass is 9.85. The Morgan fingerprint density at radius 2 is 1.82 bits per heavy atom. The summed E-state index contributed by atoms with van der Waals surface area (Å²) in [5, 5.41) is 2.78. The van der Waals surface area contributed by atoms with Gasteiger partial charge >= 0.3 is 12.3 Å². The number of hydrogen-bond donors (Lipinski definition) is 1. The summed E-state index contributed by atoms with van der Waals surface area (Å²) in [6, 6.07) is 1.44. The number of alkyl carbamates (subject to hydrolysis) is 1. The Morgan fingerprint density at radius 3 is 2.48 bits per heavy atom. The normalized spacial score (nSPS) is 30.3. The van der Waals surface area contributed by atoms with Crippen LogP contribution in [0.2, 0.25) is 0 Å². The Hall–Kier alpha value is -3.44. The van der Waals surface area contributed by atoms with Gasteiger partial charge in [-0.1, -0.05) is 40.5 Å². The minimum Gasteiger partial charge on any atom is -0.471 e. The first-order valence-electron chi connectivity index (χ1n) is 15.3. The fraction of sp³-hybridized carbons (Fsp3) is 0.656. The van der Waals surface area contributed by atoms with Gasteiger partial charge in [0, 0.05) is 11.8 Å². The molecular weight excluding hydrogens is 577 g/mol. The number of hydrogen-bond acceptors (Lipinski definition) is 7. The molecule has 3 heterocycles. The summed E-state index contributed by atoms with van der Waals surface area (Å²) in [4.78, 5) is 50.7. The molecule has 2 fully saturated rings. The minimum absolute atomic E-state index is 0.0229. The number of fused-ring (bicyclic) bond motifs is 5. The van der Waals surface area contributed by atoms with E-state index in [1.807, 2.05) is 27.7 Å². The summed E-state index contributed by atoms with van der Waals surface area (Å²) in [5.41, 5.74) is -1.25. The van der Waals surface area contributed by atoms with Crippen LogP contribution in [-0.2, 0) is 26.9 Å². The fourth-order valence-corrected chi connectivity index (χ4v) is 6.57. The van der Waals surface area contributed by atoms with Crippen molar-refractivity contribution in [1.82, 2.24) is 20.2 Å². The molecule has 6 atom stereocenters. The molecule has 0 radical (unpaired) electrons. The van der Waals surface area contributed by atoms with Crippen LogP contribution in [0, 0.1) is 17.3 Å². The molecule has 1 N–H and O–H groups in total.